The van der Waals surface area contributed by atoms with Crippen LogP contribution in [0.1, 0.15) is 39.7 Å². The highest BCUT2D eigenvalue weighted by Crippen LogP contribution is 2.23. The van der Waals surface area contributed by atoms with Crippen LogP contribution in [-0.4, -0.2) is 44.7 Å². The molecule has 0 N–H and O–H groups in total. The highest BCUT2D eigenvalue weighted by molar-refractivity contribution is 14.1. The number of hydrogen-bond acceptors (Lipinski definition) is 4. The molecule has 1 aromatic heterocycles. The van der Waals surface area contributed by atoms with Crippen molar-refractivity contribution in [2.24, 2.45) is 0 Å². The lowest BCUT2D eigenvalue weighted by Gasteiger charge is -2.34. The van der Waals surface area contributed by atoms with Crippen LogP contribution in [0.3, 0.4) is 0 Å². The van der Waals surface area contributed by atoms with Crippen molar-refractivity contribution < 1.29 is 9.53 Å². The van der Waals surface area contributed by atoms with Gasteiger partial charge in [0.15, 0.2) is 0 Å². The molecule has 1 atom stereocenters. The van der Waals surface area contributed by atoms with Crippen molar-refractivity contribution in [2.75, 3.05) is 13.1 Å². The van der Waals surface area contributed by atoms with Crippen molar-refractivity contribution in [1.82, 2.24) is 19.9 Å². The average molecular weight is 378 g/mol. The Kier molecular flexibility index (Phi) is 4.32. The summed E-state index contributed by atoms with van der Waals surface area (Å²) in [4.78, 5) is 13.8. The van der Waals surface area contributed by atoms with Crippen LogP contribution < -0.4 is 0 Å². The summed E-state index contributed by atoms with van der Waals surface area (Å²) < 4.78 is 8.29. The molecule has 2 rings (SSSR count). The van der Waals surface area contributed by atoms with E-state index in [1.807, 2.05) is 25.5 Å². The Morgan fingerprint density at radius 2 is 2.26 bits per heavy atom. The van der Waals surface area contributed by atoms with E-state index in [9.17, 15) is 4.79 Å². The van der Waals surface area contributed by atoms with Crippen molar-refractivity contribution in [3.05, 3.63) is 9.90 Å². The van der Waals surface area contributed by atoms with Crippen molar-refractivity contribution in [3.63, 3.8) is 0 Å². The van der Waals surface area contributed by atoms with Crippen LogP contribution in [0.15, 0.2) is 6.20 Å². The standard InChI is InChI=1S/C12H19IN4O2/c1-12(2,3)19-11(18)16-6-4-5-9(8-16)17-10(13)7-14-15-17/h7,9H,4-6,8H2,1-3H3. The predicted molar refractivity (Wildman–Crippen MR) is 78.8 cm³/mol. The zero-order valence-electron chi connectivity index (χ0n) is 11.5. The molecule has 1 amide bonds. The van der Waals surface area contributed by atoms with Gasteiger partial charge < -0.3 is 9.64 Å². The van der Waals surface area contributed by atoms with Crippen LogP contribution in [0.25, 0.3) is 0 Å². The number of halogens is 1. The number of ether oxygens (including phenoxy) is 1. The molecule has 1 unspecified atom stereocenters. The number of carbonyl (C=O) groups is 1. The lowest BCUT2D eigenvalue weighted by Crippen LogP contribution is -2.43. The van der Waals surface area contributed by atoms with Crippen molar-refractivity contribution >= 4 is 28.7 Å². The SMILES string of the molecule is CC(C)(C)OC(=O)N1CCCC(n2nncc2I)C1. The Balaban J connectivity index is 2.01. The van der Waals surface area contributed by atoms with Crippen LogP contribution >= 0.6 is 22.6 Å². The zero-order valence-corrected chi connectivity index (χ0v) is 13.6. The van der Waals surface area contributed by atoms with Gasteiger partial charge in [-0.05, 0) is 56.2 Å². The number of carbonyl (C=O) groups excluding carboxylic acids is 1. The summed E-state index contributed by atoms with van der Waals surface area (Å²) in [7, 11) is 0. The van der Waals surface area contributed by atoms with E-state index >= 15 is 0 Å². The fraction of sp³-hybridized carbons (Fsp3) is 0.750. The third-order valence-corrected chi connectivity index (χ3v) is 3.70. The maximum atomic E-state index is 12.1. The fourth-order valence-corrected chi connectivity index (χ4v) is 2.74. The Labute approximate surface area is 126 Å². The first kappa shape index (κ1) is 14.5. The second-order valence-corrected chi connectivity index (χ2v) is 6.83. The van der Waals surface area contributed by atoms with E-state index in [-0.39, 0.29) is 12.1 Å². The van der Waals surface area contributed by atoms with E-state index in [4.69, 9.17) is 4.74 Å². The largest absolute Gasteiger partial charge is 0.444 e. The molecule has 1 saturated heterocycles. The third kappa shape index (κ3) is 3.80. The molecule has 106 valence electrons. The number of piperidine rings is 1. The molecule has 6 nitrogen and oxygen atoms in total. The molecular weight excluding hydrogens is 359 g/mol. The molecule has 19 heavy (non-hydrogen) atoms. The number of likely N-dealkylation sites (tertiary alicyclic amines) is 1. The van der Waals surface area contributed by atoms with Gasteiger partial charge >= 0.3 is 6.09 Å². The van der Waals surface area contributed by atoms with E-state index in [1.165, 1.54) is 0 Å². The van der Waals surface area contributed by atoms with Crippen LogP contribution in [0.2, 0.25) is 0 Å². The summed E-state index contributed by atoms with van der Waals surface area (Å²) in [5, 5.41) is 7.99. The Morgan fingerprint density at radius 3 is 2.84 bits per heavy atom. The molecule has 1 aromatic rings. The highest BCUT2D eigenvalue weighted by atomic mass is 127. The Hall–Kier alpha value is -0.860. The lowest BCUT2D eigenvalue weighted by molar-refractivity contribution is 0.0165. The van der Waals surface area contributed by atoms with Crippen molar-refractivity contribution in [3.8, 4) is 0 Å². The fourth-order valence-electron chi connectivity index (χ4n) is 2.13. The van der Waals surface area contributed by atoms with E-state index in [2.05, 4.69) is 32.9 Å². The minimum absolute atomic E-state index is 0.190. The van der Waals surface area contributed by atoms with Gasteiger partial charge in [-0.3, -0.25) is 0 Å². The third-order valence-electron chi connectivity index (χ3n) is 2.93. The number of amides is 1. The van der Waals surface area contributed by atoms with Gasteiger partial charge in [0.05, 0.1) is 12.2 Å². The van der Waals surface area contributed by atoms with Gasteiger partial charge in [-0.2, -0.15) is 0 Å². The Morgan fingerprint density at radius 1 is 1.53 bits per heavy atom. The minimum atomic E-state index is -0.453. The maximum absolute atomic E-state index is 12.1. The summed E-state index contributed by atoms with van der Waals surface area (Å²) in [5.74, 6) is 0. The van der Waals surface area contributed by atoms with E-state index in [1.54, 1.807) is 11.1 Å². The topological polar surface area (TPSA) is 60.2 Å². The summed E-state index contributed by atoms with van der Waals surface area (Å²) in [5.41, 5.74) is -0.453. The Bertz CT molecular complexity index is 455. The summed E-state index contributed by atoms with van der Waals surface area (Å²) in [6, 6.07) is 0.190. The molecule has 0 spiro atoms. The predicted octanol–water partition coefficient (Wildman–Crippen LogP) is 2.45. The van der Waals surface area contributed by atoms with Gasteiger partial charge in [0.2, 0.25) is 0 Å². The first-order chi connectivity index (χ1) is 8.87. The molecule has 1 fully saturated rings. The first-order valence-corrected chi connectivity index (χ1v) is 7.48. The van der Waals surface area contributed by atoms with Crippen LogP contribution in [0.5, 0.6) is 0 Å². The smallest absolute Gasteiger partial charge is 0.410 e. The van der Waals surface area contributed by atoms with Crippen LogP contribution in [0, 0.1) is 3.70 Å². The molecule has 7 heteroatoms. The van der Waals surface area contributed by atoms with E-state index in [0.29, 0.717) is 6.54 Å². The average Bonchev–Trinajstić information content (AvgIpc) is 2.73. The van der Waals surface area contributed by atoms with E-state index in [0.717, 1.165) is 23.1 Å². The summed E-state index contributed by atoms with van der Waals surface area (Å²) in [6.07, 6.45) is 3.46. The molecule has 0 aromatic carbocycles. The van der Waals surface area contributed by atoms with Gasteiger partial charge in [-0.25, -0.2) is 9.48 Å². The van der Waals surface area contributed by atoms with Gasteiger partial charge in [-0.1, -0.05) is 5.21 Å². The quantitative estimate of drug-likeness (QED) is 0.705. The highest BCUT2D eigenvalue weighted by Gasteiger charge is 2.29. The van der Waals surface area contributed by atoms with Gasteiger partial charge in [0.1, 0.15) is 9.30 Å². The normalized spacial score (nSPS) is 20.4. The molecule has 1 aliphatic rings. The number of nitrogens with zero attached hydrogens (tertiary/aromatic N) is 4. The molecule has 0 radical (unpaired) electrons. The maximum Gasteiger partial charge on any atom is 0.410 e. The van der Waals surface area contributed by atoms with Crippen molar-refractivity contribution in [2.45, 2.75) is 45.3 Å². The second-order valence-electron chi connectivity index (χ2n) is 5.72. The van der Waals surface area contributed by atoms with Gasteiger partial charge in [0, 0.05) is 13.1 Å². The molecule has 0 saturated carbocycles. The second kappa shape index (κ2) is 5.64. The number of aromatic nitrogens is 3. The molecule has 1 aliphatic heterocycles. The van der Waals surface area contributed by atoms with Gasteiger partial charge in [0.25, 0.3) is 0 Å². The first-order valence-electron chi connectivity index (χ1n) is 6.40. The van der Waals surface area contributed by atoms with Crippen LogP contribution in [0.4, 0.5) is 4.79 Å². The monoisotopic (exact) mass is 378 g/mol. The van der Waals surface area contributed by atoms with E-state index < -0.39 is 5.60 Å². The lowest BCUT2D eigenvalue weighted by atomic mass is 10.1. The number of hydrogen-bond donors (Lipinski definition) is 0. The molecule has 0 bridgehead atoms. The van der Waals surface area contributed by atoms with Gasteiger partial charge in [-0.15, -0.1) is 5.10 Å². The molecular formula is C12H19IN4O2. The minimum Gasteiger partial charge on any atom is -0.444 e. The summed E-state index contributed by atoms with van der Waals surface area (Å²) in [6.45, 7) is 7.02. The zero-order chi connectivity index (χ0) is 14.0. The number of rotatable bonds is 1. The molecule has 2 heterocycles. The van der Waals surface area contributed by atoms with Crippen LogP contribution in [-0.2, 0) is 4.74 Å². The molecule has 0 aliphatic carbocycles. The van der Waals surface area contributed by atoms with Crippen molar-refractivity contribution in [1.29, 1.82) is 0 Å². The summed E-state index contributed by atoms with van der Waals surface area (Å²) >= 11 is 2.21.